The first kappa shape index (κ1) is 22.1. The maximum Gasteiger partial charge on any atom is 0.224 e. The van der Waals surface area contributed by atoms with E-state index in [1.54, 1.807) is 31.3 Å². The lowest BCUT2D eigenvalue weighted by Gasteiger charge is -2.22. The van der Waals surface area contributed by atoms with E-state index in [9.17, 15) is 9.59 Å². The van der Waals surface area contributed by atoms with Crippen LogP contribution in [0.25, 0.3) is 0 Å². The summed E-state index contributed by atoms with van der Waals surface area (Å²) in [6.07, 6.45) is 0.220. The molecule has 0 spiro atoms. The lowest BCUT2D eigenvalue weighted by atomic mass is 10.1. The molecular weight excluding hydrogens is 370 g/mol. The van der Waals surface area contributed by atoms with Gasteiger partial charge >= 0.3 is 0 Å². The Morgan fingerprint density at radius 2 is 1.55 bits per heavy atom. The highest BCUT2D eigenvalue weighted by Crippen LogP contribution is 2.27. The number of anilines is 2. The minimum Gasteiger partial charge on any atom is -0.493 e. The Kier molecular flexibility index (Phi) is 7.88. The third kappa shape index (κ3) is 6.14. The fourth-order valence-corrected chi connectivity index (χ4v) is 2.94. The largest absolute Gasteiger partial charge is 0.493 e. The highest BCUT2D eigenvalue weighted by atomic mass is 16.5. The topological polar surface area (TPSA) is 71.1 Å². The van der Waals surface area contributed by atoms with Gasteiger partial charge in [0.15, 0.2) is 11.5 Å². The minimum absolute atomic E-state index is 0.0725. The molecule has 156 valence electrons. The van der Waals surface area contributed by atoms with E-state index in [4.69, 9.17) is 9.47 Å². The molecule has 0 aromatic heterocycles. The Labute approximate surface area is 172 Å². The average molecular weight is 399 g/mol. The van der Waals surface area contributed by atoms with Crippen LogP contribution >= 0.6 is 0 Å². The van der Waals surface area contributed by atoms with Crippen LogP contribution < -0.4 is 24.6 Å². The number of methoxy groups -OCH3 is 2. The molecule has 2 aromatic rings. The van der Waals surface area contributed by atoms with E-state index < -0.39 is 0 Å². The van der Waals surface area contributed by atoms with Gasteiger partial charge in [0.2, 0.25) is 11.8 Å². The van der Waals surface area contributed by atoms with E-state index in [0.717, 1.165) is 16.9 Å². The number of rotatable bonds is 9. The summed E-state index contributed by atoms with van der Waals surface area (Å²) in [6.45, 7) is 2.28. The molecule has 0 saturated carbocycles. The standard InChI is InChI=1S/C22H29N3O4/c1-16(26)25(19-9-7-18(8-10-19)24(2)3)13-12-23-22(27)15-17-6-11-20(28-4)21(14-17)29-5/h6-11,14H,12-13,15H2,1-5H3,(H,23,27). The smallest absolute Gasteiger partial charge is 0.224 e. The molecule has 0 radical (unpaired) electrons. The summed E-state index contributed by atoms with van der Waals surface area (Å²) in [5.41, 5.74) is 2.68. The summed E-state index contributed by atoms with van der Waals surface area (Å²) in [5, 5.41) is 2.87. The second-order valence-electron chi connectivity index (χ2n) is 6.80. The molecule has 2 amide bonds. The Balaban J connectivity index is 1.92. The molecule has 0 aliphatic rings. The summed E-state index contributed by atoms with van der Waals surface area (Å²) in [6, 6.07) is 13.1. The van der Waals surface area contributed by atoms with Gasteiger partial charge in [-0.15, -0.1) is 0 Å². The molecule has 2 aromatic carbocycles. The molecule has 0 aliphatic carbocycles. The van der Waals surface area contributed by atoms with Crippen LogP contribution in [0.4, 0.5) is 11.4 Å². The SMILES string of the molecule is COc1ccc(CC(=O)NCCN(C(C)=O)c2ccc(N(C)C)cc2)cc1OC. The van der Waals surface area contributed by atoms with Crippen molar-refractivity contribution in [3.05, 3.63) is 48.0 Å². The monoisotopic (exact) mass is 399 g/mol. The second-order valence-corrected chi connectivity index (χ2v) is 6.80. The van der Waals surface area contributed by atoms with Gasteiger partial charge in [0.05, 0.1) is 20.6 Å². The van der Waals surface area contributed by atoms with Crippen molar-refractivity contribution in [3.8, 4) is 11.5 Å². The maximum atomic E-state index is 12.3. The van der Waals surface area contributed by atoms with E-state index in [1.165, 1.54) is 6.92 Å². The number of benzene rings is 2. The Morgan fingerprint density at radius 1 is 0.931 bits per heavy atom. The van der Waals surface area contributed by atoms with Crippen molar-refractivity contribution < 1.29 is 19.1 Å². The van der Waals surface area contributed by atoms with Crippen LogP contribution in [-0.4, -0.2) is 53.2 Å². The van der Waals surface area contributed by atoms with Gasteiger partial charge in [0, 0.05) is 45.5 Å². The molecule has 0 atom stereocenters. The zero-order chi connectivity index (χ0) is 21.4. The fourth-order valence-electron chi connectivity index (χ4n) is 2.94. The first-order valence-corrected chi connectivity index (χ1v) is 9.38. The van der Waals surface area contributed by atoms with Crippen molar-refractivity contribution in [2.24, 2.45) is 0 Å². The number of nitrogens with one attached hydrogen (secondary N) is 1. The summed E-state index contributed by atoms with van der Waals surface area (Å²) < 4.78 is 10.5. The summed E-state index contributed by atoms with van der Waals surface area (Å²) >= 11 is 0. The van der Waals surface area contributed by atoms with E-state index in [-0.39, 0.29) is 18.2 Å². The molecule has 0 aliphatic heterocycles. The van der Waals surface area contributed by atoms with E-state index in [0.29, 0.717) is 24.6 Å². The van der Waals surface area contributed by atoms with Crippen molar-refractivity contribution in [1.29, 1.82) is 0 Å². The van der Waals surface area contributed by atoms with Gasteiger partial charge in [-0.2, -0.15) is 0 Å². The molecule has 0 fully saturated rings. The molecule has 7 heteroatoms. The van der Waals surface area contributed by atoms with Crippen LogP contribution in [0, 0.1) is 0 Å². The molecule has 2 rings (SSSR count). The maximum absolute atomic E-state index is 12.3. The Bertz CT molecular complexity index is 834. The van der Waals surface area contributed by atoms with Gasteiger partial charge in [-0.1, -0.05) is 6.07 Å². The third-order valence-electron chi connectivity index (χ3n) is 4.53. The first-order valence-electron chi connectivity index (χ1n) is 9.38. The number of ether oxygens (including phenoxy) is 2. The second kappa shape index (κ2) is 10.4. The number of amides is 2. The van der Waals surface area contributed by atoms with Crippen LogP contribution in [0.15, 0.2) is 42.5 Å². The molecule has 0 saturated heterocycles. The van der Waals surface area contributed by atoms with Crippen molar-refractivity contribution in [1.82, 2.24) is 5.32 Å². The molecule has 7 nitrogen and oxygen atoms in total. The first-order chi connectivity index (χ1) is 13.8. The summed E-state index contributed by atoms with van der Waals surface area (Å²) in [4.78, 5) is 28.0. The predicted molar refractivity (Wildman–Crippen MR) is 115 cm³/mol. The van der Waals surface area contributed by atoms with Gasteiger partial charge in [-0.05, 0) is 42.0 Å². The number of nitrogens with zero attached hydrogens (tertiary/aromatic N) is 2. The zero-order valence-electron chi connectivity index (χ0n) is 17.7. The van der Waals surface area contributed by atoms with E-state index >= 15 is 0 Å². The average Bonchev–Trinajstić information content (AvgIpc) is 2.70. The number of carbonyl (C=O) groups is 2. The van der Waals surface area contributed by atoms with Gasteiger partial charge < -0.3 is 24.6 Å². The van der Waals surface area contributed by atoms with Gasteiger partial charge in [0.25, 0.3) is 0 Å². The quantitative estimate of drug-likeness (QED) is 0.702. The zero-order valence-corrected chi connectivity index (χ0v) is 17.7. The van der Waals surface area contributed by atoms with Crippen molar-refractivity contribution in [3.63, 3.8) is 0 Å². The van der Waals surface area contributed by atoms with Crippen molar-refractivity contribution in [2.45, 2.75) is 13.3 Å². The van der Waals surface area contributed by atoms with E-state index in [2.05, 4.69) is 5.32 Å². The van der Waals surface area contributed by atoms with Gasteiger partial charge in [-0.3, -0.25) is 9.59 Å². The number of carbonyl (C=O) groups excluding carboxylic acids is 2. The van der Waals surface area contributed by atoms with Crippen LogP contribution in [0.3, 0.4) is 0 Å². The minimum atomic E-state index is -0.122. The highest BCUT2D eigenvalue weighted by molar-refractivity contribution is 5.91. The molecule has 0 bridgehead atoms. The van der Waals surface area contributed by atoms with Crippen LogP contribution in [0.2, 0.25) is 0 Å². The molecule has 1 N–H and O–H groups in total. The molecule has 0 heterocycles. The predicted octanol–water partition coefficient (Wildman–Crippen LogP) is 2.48. The Hall–Kier alpha value is -3.22. The van der Waals surface area contributed by atoms with Crippen molar-refractivity contribution >= 4 is 23.2 Å². The van der Waals surface area contributed by atoms with Crippen LogP contribution in [-0.2, 0) is 16.0 Å². The highest BCUT2D eigenvalue weighted by Gasteiger charge is 2.13. The summed E-state index contributed by atoms with van der Waals surface area (Å²) in [7, 11) is 7.06. The normalized spacial score (nSPS) is 10.2. The fraction of sp³-hybridized carbons (Fsp3) is 0.364. The van der Waals surface area contributed by atoms with Crippen LogP contribution in [0.1, 0.15) is 12.5 Å². The van der Waals surface area contributed by atoms with Crippen molar-refractivity contribution in [2.75, 3.05) is 51.2 Å². The van der Waals surface area contributed by atoms with Gasteiger partial charge in [0.1, 0.15) is 0 Å². The molecule has 0 unspecified atom stereocenters. The third-order valence-corrected chi connectivity index (χ3v) is 4.53. The number of hydrogen-bond acceptors (Lipinski definition) is 5. The molecule has 29 heavy (non-hydrogen) atoms. The van der Waals surface area contributed by atoms with Crippen LogP contribution in [0.5, 0.6) is 11.5 Å². The lowest BCUT2D eigenvalue weighted by Crippen LogP contribution is -2.38. The molecular formula is C22H29N3O4. The van der Waals surface area contributed by atoms with E-state index in [1.807, 2.05) is 49.3 Å². The summed E-state index contributed by atoms with van der Waals surface area (Å²) in [5.74, 6) is 1.01. The number of hydrogen-bond donors (Lipinski definition) is 1. The van der Waals surface area contributed by atoms with Gasteiger partial charge in [-0.25, -0.2) is 0 Å². The Morgan fingerprint density at radius 3 is 2.10 bits per heavy atom. The lowest BCUT2D eigenvalue weighted by molar-refractivity contribution is -0.121.